The number of anilines is 1. The molecule has 0 fully saturated rings. The molecule has 0 saturated carbocycles. The molecule has 0 saturated heterocycles. The van der Waals surface area contributed by atoms with Crippen LogP contribution in [0.5, 0.6) is 0 Å². The molecule has 0 atom stereocenters. The minimum Gasteiger partial charge on any atom is -0.397 e. The van der Waals surface area contributed by atoms with Crippen molar-refractivity contribution in [1.29, 1.82) is 0 Å². The lowest BCUT2D eigenvalue weighted by molar-refractivity contribution is 0.103. The molecule has 0 aliphatic carbocycles. The highest BCUT2D eigenvalue weighted by Gasteiger charge is 2.13. The van der Waals surface area contributed by atoms with Gasteiger partial charge in [0.15, 0.2) is 0 Å². The van der Waals surface area contributed by atoms with E-state index in [1.807, 2.05) is 42.5 Å². The van der Waals surface area contributed by atoms with E-state index in [9.17, 15) is 4.79 Å². The SMILES string of the molecule is Nc1ccc(C(=O)c2cccc3ccccc23)nc1. The molecule has 0 aliphatic rings. The summed E-state index contributed by atoms with van der Waals surface area (Å²) in [7, 11) is 0. The highest BCUT2D eigenvalue weighted by molar-refractivity contribution is 6.15. The zero-order valence-electron chi connectivity index (χ0n) is 10.2. The summed E-state index contributed by atoms with van der Waals surface area (Å²) < 4.78 is 0. The van der Waals surface area contributed by atoms with Crippen molar-refractivity contribution in [2.24, 2.45) is 0 Å². The van der Waals surface area contributed by atoms with Crippen LogP contribution in [0.25, 0.3) is 10.8 Å². The van der Waals surface area contributed by atoms with Crippen molar-refractivity contribution < 1.29 is 4.79 Å². The van der Waals surface area contributed by atoms with Crippen molar-refractivity contribution in [3.8, 4) is 0 Å². The van der Waals surface area contributed by atoms with E-state index in [0.29, 0.717) is 16.9 Å². The van der Waals surface area contributed by atoms with Gasteiger partial charge in [-0.1, -0.05) is 42.5 Å². The third kappa shape index (κ3) is 2.06. The topological polar surface area (TPSA) is 56.0 Å². The average molecular weight is 248 g/mol. The molecule has 0 aliphatic heterocycles. The first-order valence-electron chi connectivity index (χ1n) is 6.00. The van der Waals surface area contributed by atoms with Crippen LogP contribution < -0.4 is 5.73 Å². The molecule has 2 N–H and O–H groups in total. The van der Waals surface area contributed by atoms with E-state index in [1.54, 1.807) is 12.1 Å². The van der Waals surface area contributed by atoms with Crippen molar-refractivity contribution in [3.05, 3.63) is 72.1 Å². The van der Waals surface area contributed by atoms with Crippen molar-refractivity contribution in [2.45, 2.75) is 0 Å². The van der Waals surface area contributed by atoms with E-state index in [2.05, 4.69) is 4.98 Å². The maximum atomic E-state index is 12.5. The first-order valence-corrected chi connectivity index (χ1v) is 6.00. The summed E-state index contributed by atoms with van der Waals surface area (Å²) in [4.78, 5) is 16.6. The number of nitrogens with zero attached hydrogens (tertiary/aromatic N) is 1. The molecule has 1 heterocycles. The van der Waals surface area contributed by atoms with Gasteiger partial charge in [-0.05, 0) is 22.9 Å². The summed E-state index contributed by atoms with van der Waals surface area (Å²) in [5, 5.41) is 1.98. The van der Waals surface area contributed by atoms with Crippen molar-refractivity contribution in [3.63, 3.8) is 0 Å². The minimum absolute atomic E-state index is 0.0863. The van der Waals surface area contributed by atoms with Gasteiger partial charge in [0, 0.05) is 5.56 Å². The standard InChI is InChI=1S/C16H12N2O/c17-12-8-9-15(18-10-12)16(19)14-7-3-5-11-4-1-2-6-13(11)14/h1-10H,17H2. The molecule has 0 bridgehead atoms. The summed E-state index contributed by atoms with van der Waals surface area (Å²) in [6, 6.07) is 16.8. The molecule has 0 unspecified atom stereocenters. The maximum Gasteiger partial charge on any atom is 0.211 e. The Balaban J connectivity index is 2.14. The Kier molecular flexibility index (Phi) is 2.72. The maximum absolute atomic E-state index is 12.5. The van der Waals surface area contributed by atoms with Gasteiger partial charge in [-0.25, -0.2) is 0 Å². The smallest absolute Gasteiger partial charge is 0.211 e. The van der Waals surface area contributed by atoms with Crippen LogP contribution >= 0.6 is 0 Å². The number of aromatic nitrogens is 1. The Morgan fingerprint density at radius 3 is 2.53 bits per heavy atom. The monoisotopic (exact) mass is 248 g/mol. The van der Waals surface area contributed by atoms with E-state index in [4.69, 9.17) is 5.73 Å². The summed E-state index contributed by atoms with van der Waals surface area (Å²) in [5.74, 6) is -0.0863. The Bertz CT molecular complexity index is 743. The minimum atomic E-state index is -0.0863. The zero-order valence-corrected chi connectivity index (χ0v) is 10.2. The summed E-state index contributed by atoms with van der Waals surface area (Å²) in [6.07, 6.45) is 1.50. The van der Waals surface area contributed by atoms with Crippen LogP contribution in [0.3, 0.4) is 0 Å². The first-order chi connectivity index (χ1) is 9.25. The fourth-order valence-electron chi connectivity index (χ4n) is 2.10. The first kappa shape index (κ1) is 11.4. The molecule has 3 heteroatoms. The summed E-state index contributed by atoms with van der Waals surface area (Å²) in [5.41, 5.74) is 7.20. The largest absolute Gasteiger partial charge is 0.397 e. The lowest BCUT2D eigenvalue weighted by Gasteiger charge is -2.05. The second-order valence-corrected chi connectivity index (χ2v) is 4.33. The van der Waals surface area contributed by atoms with E-state index in [1.165, 1.54) is 6.20 Å². The highest BCUT2D eigenvalue weighted by Crippen LogP contribution is 2.20. The number of rotatable bonds is 2. The highest BCUT2D eigenvalue weighted by atomic mass is 16.1. The third-order valence-electron chi connectivity index (χ3n) is 3.05. The molecule has 0 amide bonds. The number of carbonyl (C=O) groups is 1. The van der Waals surface area contributed by atoms with Crippen molar-refractivity contribution in [1.82, 2.24) is 4.98 Å². The zero-order chi connectivity index (χ0) is 13.2. The molecule has 3 rings (SSSR count). The van der Waals surface area contributed by atoms with Gasteiger partial charge in [-0.3, -0.25) is 9.78 Å². The van der Waals surface area contributed by atoms with Gasteiger partial charge in [0.2, 0.25) is 5.78 Å². The lowest BCUT2D eigenvalue weighted by atomic mass is 10.00. The molecule has 3 aromatic rings. The number of hydrogen-bond acceptors (Lipinski definition) is 3. The molecular weight excluding hydrogens is 236 g/mol. The third-order valence-corrected chi connectivity index (χ3v) is 3.05. The molecule has 2 aromatic carbocycles. The Morgan fingerprint density at radius 2 is 1.74 bits per heavy atom. The fourth-order valence-corrected chi connectivity index (χ4v) is 2.10. The molecule has 19 heavy (non-hydrogen) atoms. The molecule has 0 radical (unpaired) electrons. The number of pyridine rings is 1. The summed E-state index contributed by atoms with van der Waals surface area (Å²) in [6.45, 7) is 0. The van der Waals surface area contributed by atoms with Gasteiger partial charge in [0.1, 0.15) is 5.69 Å². The number of ketones is 1. The van der Waals surface area contributed by atoms with E-state index in [-0.39, 0.29) is 5.78 Å². The van der Waals surface area contributed by atoms with Gasteiger partial charge in [-0.2, -0.15) is 0 Å². The summed E-state index contributed by atoms with van der Waals surface area (Å²) >= 11 is 0. The van der Waals surface area contributed by atoms with Gasteiger partial charge in [-0.15, -0.1) is 0 Å². The molecule has 1 aromatic heterocycles. The number of carbonyl (C=O) groups excluding carboxylic acids is 1. The Labute approximate surface area is 110 Å². The van der Waals surface area contributed by atoms with E-state index in [0.717, 1.165) is 10.8 Å². The molecule has 0 spiro atoms. The Morgan fingerprint density at radius 1 is 0.947 bits per heavy atom. The second-order valence-electron chi connectivity index (χ2n) is 4.33. The number of benzene rings is 2. The van der Waals surface area contributed by atoms with Crippen LogP contribution in [0.2, 0.25) is 0 Å². The average Bonchev–Trinajstić information content (AvgIpc) is 2.47. The van der Waals surface area contributed by atoms with Crippen LogP contribution in [0.1, 0.15) is 16.1 Å². The van der Waals surface area contributed by atoms with Crippen LogP contribution in [-0.4, -0.2) is 10.8 Å². The van der Waals surface area contributed by atoms with Gasteiger partial charge in [0.05, 0.1) is 11.9 Å². The molecular formula is C16H12N2O. The van der Waals surface area contributed by atoms with Crippen molar-refractivity contribution >= 4 is 22.2 Å². The van der Waals surface area contributed by atoms with Crippen LogP contribution in [-0.2, 0) is 0 Å². The van der Waals surface area contributed by atoms with Gasteiger partial charge < -0.3 is 5.73 Å². The van der Waals surface area contributed by atoms with Crippen LogP contribution in [0.15, 0.2) is 60.8 Å². The predicted octanol–water partition coefficient (Wildman–Crippen LogP) is 3.05. The van der Waals surface area contributed by atoms with Gasteiger partial charge >= 0.3 is 0 Å². The lowest BCUT2D eigenvalue weighted by Crippen LogP contribution is -2.05. The van der Waals surface area contributed by atoms with Crippen LogP contribution in [0, 0.1) is 0 Å². The molecule has 92 valence electrons. The van der Waals surface area contributed by atoms with E-state index >= 15 is 0 Å². The van der Waals surface area contributed by atoms with Crippen molar-refractivity contribution in [2.75, 3.05) is 5.73 Å². The fraction of sp³-hybridized carbons (Fsp3) is 0. The Hall–Kier alpha value is -2.68. The predicted molar refractivity (Wildman–Crippen MR) is 76.0 cm³/mol. The van der Waals surface area contributed by atoms with Gasteiger partial charge in [0.25, 0.3) is 0 Å². The number of hydrogen-bond donors (Lipinski definition) is 1. The molecule has 3 nitrogen and oxygen atoms in total. The number of nitrogens with two attached hydrogens (primary N) is 1. The van der Waals surface area contributed by atoms with E-state index < -0.39 is 0 Å². The number of nitrogen functional groups attached to an aromatic ring is 1. The normalized spacial score (nSPS) is 10.5. The van der Waals surface area contributed by atoms with Crippen LogP contribution in [0.4, 0.5) is 5.69 Å². The quantitative estimate of drug-likeness (QED) is 0.709. The second kappa shape index (κ2) is 4.53. The number of fused-ring (bicyclic) bond motifs is 1.